The summed E-state index contributed by atoms with van der Waals surface area (Å²) in [5.74, 6) is 0. The zero-order chi connectivity index (χ0) is 21.6. The van der Waals surface area contributed by atoms with Crippen LogP contribution < -0.4 is 10.2 Å². The number of nitrogens with one attached hydrogen (secondary N) is 2. The maximum atomic E-state index is 3.99. The molecule has 2 N–H and O–H groups in total. The van der Waals surface area contributed by atoms with Crippen LogP contribution in [0.1, 0.15) is 0 Å². The largest absolute Gasteiger partial charge is 0.356 e. The first-order chi connectivity index (χ1) is 10.9. The maximum Gasteiger partial charge on any atom is 0.197 e. The van der Waals surface area contributed by atoms with Gasteiger partial charge in [-0.2, -0.15) is 0 Å². The molecule has 26 heavy (non-hydrogen) atoms. The highest BCUT2D eigenvalue weighted by molar-refractivity contribution is 7.05. The van der Waals surface area contributed by atoms with Crippen molar-refractivity contribution in [1.29, 1.82) is 0 Å². The maximum absolute atomic E-state index is 3.99. The molecule has 0 aliphatic rings. The van der Waals surface area contributed by atoms with Gasteiger partial charge in [-0.05, 0) is 26.2 Å². The van der Waals surface area contributed by atoms with Gasteiger partial charge in [-0.3, -0.25) is 10.2 Å². The minimum Gasteiger partial charge on any atom is -0.356 e. The fourth-order valence-electron chi connectivity index (χ4n) is 5.78. The van der Waals surface area contributed by atoms with Gasteiger partial charge in [-0.25, -0.2) is 0 Å². The van der Waals surface area contributed by atoms with Gasteiger partial charge in [0.05, 0.1) is 0 Å². The summed E-state index contributed by atoms with van der Waals surface area (Å²) in [6.07, 6.45) is 0. The van der Waals surface area contributed by atoms with E-state index in [9.17, 15) is 0 Å². The van der Waals surface area contributed by atoms with E-state index < -0.39 is 49.7 Å². The number of hydrogen-bond acceptors (Lipinski definition) is 4. The lowest BCUT2D eigenvalue weighted by Crippen LogP contribution is -2.82. The van der Waals surface area contributed by atoms with Crippen molar-refractivity contribution in [3.05, 3.63) is 0 Å². The second-order valence-corrected chi connectivity index (χ2v) is 42.2. The van der Waals surface area contributed by atoms with Crippen LogP contribution >= 0.6 is 0 Å². The van der Waals surface area contributed by atoms with E-state index in [1.165, 1.54) is 0 Å². The molecule has 0 unspecified atom stereocenters. The van der Waals surface area contributed by atoms with Crippen molar-refractivity contribution in [2.45, 2.75) is 105 Å². The van der Waals surface area contributed by atoms with Gasteiger partial charge in [-0.15, -0.1) is 0 Å². The van der Waals surface area contributed by atoms with Crippen LogP contribution in [0.5, 0.6) is 0 Å². The van der Waals surface area contributed by atoms with Crippen molar-refractivity contribution in [2.75, 3.05) is 0 Å². The lowest BCUT2D eigenvalue weighted by Gasteiger charge is -2.56. The SMILES string of the molecule is C[Si](C)(C)N([Si](C)(C)C)[Si](C)(C)NN[Si](C)(C)N([Si](C)(C)C)[Si](C)(C)C. The first-order valence-electron chi connectivity index (χ1n) is 10.1. The van der Waals surface area contributed by atoms with Crippen LogP contribution in [0, 0.1) is 0 Å². The molecular weight excluding hydrogens is 417 g/mol. The zero-order valence-corrected chi connectivity index (χ0v) is 26.9. The summed E-state index contributed by atoms with van der Waals surface area (Å²) in [5.41, 5.74) is 0. The Hall–Kier alpha value is 1.14. The van der Waals surface area contributed by atoms with E-state index in [1.807, 2.05) is 0 Å². The molecule has 158 valence electrons. The van der Waals surface area contributed by atoms with Crippen LogP contribution in [0.4, 0.5) is 0 Å². The van der Waals surface area contributed by atoms with E-state index in [-0.39, 0.29) is 0 Å². The molecule has 0 spiro atoms. The van der Waals surface area contributed by atoms with Crippen molar-refractivity contribution in [3.8, 4) is 0 Å². The Labute approximate surface area is 172 Å². The van der Waals surface area contributed by atoms with Crippen LogP contribution in [0.2, 0.25) is 105 Å². The lowest BCUT2D eigenvalue weighted by atomic mass is 11.8. The average Bonchev–Trinajstić information content (AvgIpc) is 2.15. The predicted molar refractivity (Wildman–Crippen MR) is 138 cm³/mol. The third kappa shape index (κ3) is 7.52. The number of hydrogen-bond donors (Lipinski definition) is 2. The van der Waals surface area contributed by atoms with Gasteiger partial charge >= 0.3 is 0 Å². The molecule has 0 aromatic rings. The van der Waals surface area contributed by atoms with Crippen molar-refractivity contribution in [3.63, 3.8) is 0 Å². The average molecular weight is 467 g/mol. The second kappa shape index (κ2) is 8.11. The van der Waals surface area contributed by atoms with E-state index >= 15 is 0 Å². The van der Waals surface area contributed by atoms with Crippen molar-refractivity contribution >= 4 is 49.7 Å². The number of nitrogens with zero attached hydrogens (tertiary/aromatic N) is 2. The van der Waals surface area contributed by atoms with Gasteiger partial charge in [0, 0.05) is 0 Å². The highest BCUT2D eigenvalue weighted by Gasteiger charge is 2.48. The number of rotatable bonds is 9. The van der Waals surface area contributed by atoms with E-state index in [2.05, 4.69) is 123 Å². The third-order valence-corrected chi connectivity index (χ3v) is 36.6. The van der Waals surface area contributed by atoms with E-state index in [1.54, 1.807) is 0 Å². The number of hydrazine groups is 1. The highest BCUT2D eigenvalue weighted by atomic mass is 28.5. The van der Waals surface area contributed by atoms with Gasteiger partial charge in [0.2, 0.25) is 0 Å². The molecule has 0 saturated heterocycles. The Morgan fingerprint density at radius 1 is 0.346 bits per heavy atom. The standard InChI is InChI=1S/C16H50N4Si6/c1-21(2,3)19(22(4,5)6)25(13,14)17-18-26(15,16)20(23(7,8)9)24(10,11)12/h17-18H,1-16H3. The summed E-state index contributed by atoms with van der Waals surface area (Å²) in [6.45, 7) is 40.2. The normalized spacial score (nSPS) is 15.9. The highest BCUT2D eigenvalue weighted by Crippen LogP contribution is 2.28. The Balaban J connectivity index is 5.71. The van der Waals surface area contributed by atoms with E-state index in [0.717, 1.165) is 0 Å². The molecule has 10 heteroatoms. The molecule has 0 aromatic heterocycles. The summed E-state index contributed by atoms with van der Waals surface area (Å²) in [7, 11) is -9.01. The summed E-state index contributed by atoms with van der Waals surface area (Å²) < 4.78 is 6.00. The molecule has 0 atom stereocenters. The minimum atomic E-state index is -1.74. The van der Waals surface area contributed by atoms with Gasteiger partial charge in [0.15, 0.2) is 16.8 Å². The molecule has 0 aromatic carbocycles. The Morgan fingerprint density at radius 2 is 0.500 bits per heavy atom. The lowest BCUT2D eigenvalue weighted by molar-refractivity contribution is 0.720. The van der Waals surface area contributed by atoms with Gasteiger partial charge in [0.1, 0.15) is 32.9 Å². The monoisotopic (exact) mass is 466 g/mol. The molecular formula is C16H50N4Si6. The van der Waals surface area contributed by atoms with Crippen LogP contribution in [0.25, 0.3) is 0 Å². The van der Waals surface area contributed by atoms with E-state index in [4.69, 9.17) is 0 Å². The molecule has 0 amide bonds. The molecule has 0 fully saturated rings. The second-order valence-electron chi connectivity index (χ2n) is 12.7. The summed E-state index contributed by atoms with van der Waals surface area (Å²) in [6, 6.07) is 0. The first-order valence-corrected chi connectivity index (χ1v) is 29.8. The van der Waals surface area contributed by atoms with E-state index in [0.29, 0.717) is 0 Å². The first kappa shape index (κ1) is 27.1. The molecule has 0 rings (SSSR count). The smallest absolute Gasteiger partial charge is 0.197 e. The summed E-state index contributed by atoms with van der Waals surface area (Å²) in [5, 5.41) is 7.97. The molecule has 0 aliphatic carbocycles. The fourth-order valence-corrected chi connectivity index (χ4v) is 52.1. The minimum absolute atomic E-state index is 1.38. The van der Waals surface area contributed by atoms with Gasteiger partial charge in [0.25, 0.3) is 0 Å². The summed E-state index contributed by atoms with van der Waals surface area (Å²) in [4.78, 5) is 0. The third-order valence-electron chi connectivity index (χ3n) is 4.48. The summed E-state index contributed by atoms with van der Waals surface area (Å²) >= 11 is 0. The molecule has 4 nitrogen and oxygen atoms in total. The topological polar surface area (TPSA) is 30.5 Å². The van der Waals surface area contributed by atoms with Crippen LogP contribution in [-0.2, 0) is 0 Å². The van der Waals surface area contributed by atoms with Crippen LogP contribution in [0.3, 0.4) is 0 Å². The molecule has 0 saturated carbocycles. The van der Waals surface area contributed by atoms with Crippen molar-refractivity contribution in [1.82, 2.24) is 18.0 Å². The zero-order valence-electron chi connectivity index (χ0n) is 20.9. The molecule has 0 heterocycles. The molecule has 0 bridgehead atoms. The van der Waals surface area contributed by atoms with Crippen LogP contribution in [-0.4, -0.2) is 57.5 Å². The Bertz CT molecular complexity index is 397. The molecule has 0 radical (unpaired) electrons. The fraction of sp³-hybridized carbons (Fsp3) is 1.00. The van der Waals surface area contributed by atoms with Gasteiger partial charge < -0.3 is 7.79 Å². The van der Waals surface area contributed by atoms with Crippen molar-refractivity contribution < 1.29 is 0 Å². The predicted octanol–water partition coefficient (Wildman–Crippen LogP) is 5.43. The van der Waals surface area contributed by atoms with Crippen molar-refractivity contribution in [2.24, 2.45) is 0 Å². The molecule has 0 aliphatic heterocycles. The Morgan fingerprint density at radius 3 is 0.615 bits per heavy atom. The Kier molecular flexibility index (Phi) is 8.46. The quantitative estimate of drug-likeness (QED) is 0.350. The van der Waals surface area contributed by atoms with Gasteiger partial charge in [-0.1, -0.05) is 78.6 Å². The van der Waals surface area contributed by atoms with Crippen LogP contribution in [0.15, 0.2) is 0 Å².